The van der Waals surface area contributed by atoms with Crippen LogP contribution >= 0.6 is 0 Å². The first-order chi connectivity index (χ1) is 14.6. The average molecular weight is 447 g/mol. The van der Waals surface area contributed by atoms with Crippen LogP contribution < -0.4 is 4.31 Å². The van der Waals surface area contributed by atoms with Gasteiger partial charge in [-0.05, 0) is 32.0 Å². The number of nitrogens with zero attached hydrogens (tertiary/aromatic N) is 4. The van der Waals surface area contributed by atoms with Gasteiger partial charge in [-0.3, -0.25) is 9.10 Å². The fraction of sp³-hybridized carbons (Fsp3) is 0.286. The van der Waals surface area contributed by atoms with Crippen molar-refractivity contribution in [1.29, 1.82) is 0 Å². The summed E-state index contributed by atoms with van der Waals surface area (Å²) in [4.78, 5) is 18.5. The molecular weight excluding hydrogens is 423 g/mol. The molecule has 3 aromatic rings. The Labute approximate surface area is 180 Å². The third kappa shape index (κ3) is 5.26. The number of halogens is 1. The number of aryl methyl sites for hydroxylation is 1. The summed E-state index contributed by atoms with van der Waals surface area (Å²) in [7, 11) is -2.35. The molecule has 8 nitrogen and oxygen atoms in total. The van der Waals surface area contributed by atoms with Gasteiger partial charge in [0.15, 0.2) is 0 Å². The predicted octanol–water partition coefficient (Wildman–Crippen LogP) is 3.00. The van der Waals surface area contributed by atoms with Gasteiger partial charge in [-0.15, -0.1) is 0 Å². The van der Waals surface area contributed by atoms with E-state index in [0.29, 0.717) is 5.82 Å². The van der Waals surface area contributed by atoms with Gasteiger partial charge in [0, 0.05) is 12.6 Å². The normalized spacial score (nSPS) is 12.4. The molecule has 0 saturated carbocycles. The maximum atomic E-state index is 13.6. The van der Waals surface area contributed by atoms with Crippen molar-refractivity contribution in [2.24, 2.45) is 0 Å². The number of rotatable bonds is 7. The molecule has 1 amide bonds. The van der Waals surface area contributed by atoms with Crippen molar-refractivity contribution in [2.45, 2.75) is 26.4 Å². The zero-order valence-electron chi connectivity index (χ0n) is 17.6. The van der Waals surface area contributed by atoms with Gasteiger partial charge in [0.05, 0.1) is 18.5 Å². The lowest BCUT2D eigenvalue weighted by atomic mass is 10.1. The summed E-state index contributed by atoms with van der Waals surface area (Å²) in [5, 5.41) is 3.93. The standard InChI is InChI=1S/C21H23FN4O4S/c1-14-8-10-16(11-9-14)20-23-19(30-24-20)13-25(3)21(27)15(2)26(31(4,28)29)18-7-5-6-17(22)12-18/h5-12,15H,13H2,1-4H3/t15-/m1/s1. The highest BCUT2D eigenvalue weighted by atomic mass is 32.2. The smallest absolute Gasteiger partial charge is 0.246 e. The molecule has 1 heterocycles. The topological polar surface area (TPSA) is 96.6 Å². The van der Waals surface area contributed by atoms with Gasteiger partial charge in [-0.25, -0.2) is 12.8 Å². The fourth-order valence-electron chi connectivity index (χ4n) is 3.15. The number of carbonyl (C=O) groups is 1. The molecule has 0 bridgehead atoms. The van der Waals surface area contributed by atoms with Crippen LogP contribution in [0.4, 0.5) is 10.1 Å². The molecule has 0 fully saturated rings. The summed E-state index contributed by atoms with van der Waals surface area (Å²) >= 11 is 0. The predicted molar refractivity (Wildman–Crippen MR) is 114 cm³/mol. The minimum absolute atomic E-state index is 0.0111. The molecule has 10 heteroatoms. The second-order valence-electron chi connectivity index (χ2n) is 7.29. The van der Waals surface area contributed by atoms with Gasteiger partial charge in [-0.2, -0.15) is 4.98 Å². The summed E-state index contributed by atoms with van der Waals surface area (Å²) in [6, 6.07) is 11.5. The fourth-order valence-corrected chi connectivity index (χ4v) is 4.32. The van der Waals surface area contributed by atoms with Crippen molar-refractivity contribution in [2.75, 3.05) is 17.6 Å². The molecule has 2 aromatic carbocycles. The molecule has 0 aliphatic rings. The Bertz CT molecular complexity index is 1180. The monoisotopic (exact) mass is 446 g/mol. The van der Waals surface area contributed by atoms with Crippen LogP contribution in [-0.2, 0) is 21.4 Å². The minimum Gasteiger partial charge on any atom is -0.337 e. The molecule has 164 valence electrons. The zero-order valence-corrected chi connectivity index (χ0v) is 18.4. The maximum absolute atomic E-state index is 13.6. The van der Waals surface area contributed by atoms with Gasteiger partial charge in [0.1, 0.15) is 11.9 Å². The van der Waals surface area contributed by atoms with Gasteiger partial charge in [-0.1, -0.05) is 41.1 Å². The van der Waals surface area contributed by atoms with Crippen LogP contribution in [0.5, 0.6) is 0 Å². The Morgan fingerprint density at radius 3 is 2.48 bits per heavy atom. The van der Waals surface area contributed by atoms with Crippen LogP contribution in [0.3, 0.4) is 0 Å². The molecule has 0 saturated heterocycles. The highest BCUT2D eigenvalue weighted by Gasteiger charge is 2.31. The molecule has 0 aliphatic carbocycles. The van der Waals surface area contributed by atoms with Crippen LogP contribution in [-0.4, -0.2) is 48.7 Å². The summed E-state index contributed by atoms with van der Waals surface area (Å²) in [6.45, 7) is 3.40. The molecule has 0 unspecified atom stereocenters. The van der Waals surface area contributed by atoms with E-state index < -0.39 is 27.8 Å². The molecule has 1 aromatic heterocycles. The minimum atomic E-state index is -3.85. The van der Waals surface area contributed by atoms with Crippen molar-refractivity contribution < 1.29 is 22.1 Å². The lowest BCUT2D eigenvalue weighted by Gasteiger charge is -2.30. The highest BCUT2D eigenvalue weighted by molar-refractivity contribution is 7.92. The number of carbonyl (C=O) groups excluding carboxylic acids is 1. The first kappa shape index (κ1) is 22.4. The SMILES string of the molecule is Cc1ccc(-c2noc(CN(C)C(=O)[C@@H](C)N(c3cccc(F)c3)S(C)(=O)=O)n2)cc1. The van der Waals surface area contributed by atoms with Crippen molar-refractivity contribution >= 4 is 21.6 Å². The largest absolute Gasteiger partial charge is 0.337 e. The van der Waals surface area contributed by atoms with Crippen molar-refractivity contribution in [1.82, 2.24) is 15.0 Å². The Morgan fingerprint density at radius 2 is 1.87 bits per heavy atom. The van der Waals surface area contributed by atoms with Crippen LogP contribution in [0.15, 0.2) is 53.1 Å². The van der Waals surface area contributed by atoms with E-state index in [1.54, 1.807) is 0 Å². The van der Waals surface area contributed by atoms with Crippen molar-refractivity contribution in [3.63, 3.8) is 0 Å². The third-order valence-corrected chi connectivity index (χ3v) is 5.90. The lowest BCUT2D eigenvalue weighted by Crippen LogP contribution is -2.48. The molecular formula is C21H23FN4O4S. The number of hydrogen-bond donors (Lipinski definition) is 0. The Morgan fingerprint density at radius 1 is 1.19 bits per heavy atom. The van der Waals surface area contributed by atoms with E-state index >= 15 is 0 Å². The number of amides is 1. The molecule has 1 atom stereocenters. The van der Waals surface area contributed by atoms with Gasteiger partial charge in [0.2, 0.25) is 27.6 Å². The number of hydrogen-bond acceptors (Lipinski definition) is 6. The zero-order chi connectivity index (χ0) is 22.8. The Balaban J connectivity index is 1.77. The third-order valence-electron chi connectivity index (χ3n) is 4.66. The van der Waals surface area contributed by atoms with E-state index in [1.165, 1.54) is 37.1 Å². The van der Waals surface area contributed by atoms with E-state index in [9.17, 15) is 17.6 Å². The second kappa shape index (κ2) is 8.84. The summed E-state index contributed by atoms with van der Waals surface area (Å²) in [5.41, 5.74) is 1.94. The number of anilines is 1. The quantitative estimate of drug-likeness (QED) is 0.554. The molecule has 0 aliphatic heterocycles. The van der Waals surface area contributed by atoms with Gasteiger partial charge >= 0.3 is 0 Å². The van der Waals surface area contributed by atoms with E-state index in [-0.39, 0.29) is 18.1 Å². The number of aromatic nitrogens is 2. The van der Waals surface area contributed by atoms with E-state index in [2.05, 4.69) is 10.1 Å². The molecule has 0 spiro atoms. The number of benzene rings is 2. The Kier molecular flexibility index (Phi) is 6.40. The van der Waals surface area contributed by atoms with Gasteiger partial charge < -0.3 is 9.42 Å². The van der Waals surface area contributed by atoms with Crippen LogP contribution in [0.2, 0.25) is 0 Å². The molecule has 3 rings (SSSR count). The first-order valence-electron chi connectivity index (χ1n) is 9.46. The maximum Gasteiger partial charge on any atom is 0.246 e. The average Bonchev–Trinajstić information content (AvgIpc) is 3.15. The van der Waals surface area contributed by atoms with E-state index in [4.69, 9.17) is 4.52 Å². The van der Waals surface area contributed by atoms with Crippen molar-refractivity contribution in [3.8, 4) is 11.4 Å². The van der Waals surface area contributed by atoms with Crippen LogP contribution in [0.1, 0.15) is 18.4 Å². The van der Waals surface area contributed by atoms with Crippen molar-refractivity contribution in [3.05, 3.63) is 65.8 Å². The summed E-state index contributed by atoms with van der Waals surface area (Å²) in [5.74, 6) is -0.518. The number of likely N-dealkylation sites (N-methyl/N-ethyl adjacent to an activating group) is 1. The molecule has 31 heavy (non-hydrogen) atoms. The van der Waals surface area contributed by atoms with Gasteiger partial charge in [0.25, 0.3) is 0 Å². The first-order valence-corrected chi connectivity index (χ1v) is 11.3. The highest BCUT2D eigenvalue weighted by Crippen LogP contribution is 2.23. The summed E-state index contributed by atoms with van der Waals surface area (Å²) in [6.07, 6.45) is 0.966. The number of sulfonamides is 1. The molecule has 0 N–H and O–H groups in total. The van der Waals surface area contributed by atoms with Crippen LogP contribution in [0, 0.1) is 12.7 Å². The van der Waals surface area contributed by atoms with E-state index in [0.717, 1.165) is 27.8 Å². The second-order valence-corrected chi connectivity index (χ2v) is 9.15. The Hall–Kier alpha value is -3.27. The van der Waals surface area contributed by atoms with Crippen LogP contribution in [0.25, 0.3) is 11.4 Å². The summed E-state index contributed by atoms with van der Waals surface area (Å²) < 4.78 is 44.5. The van der Waals surface area contributed by atoms with E-state index in [1.807, 2.05) is 31.2 Å². The lowest BCUT2D eigenvalue weighted by molar-refractivity contribution is -0.131. The molecule has 0 radical (unpaired) electrons.